The fraction of sp³-hybridized carbons (Fsp3) is 0.389. The standard InChI is InChI=1S/C18H23ClN2O3.2ClH/c1-3-21(4-2)10-9-20-12-14-6-8-17(24-14)15-11-13(18(22)23)5-7-16(15)19;;/h5-8,11,20H,3-4,9-10,12H2,1-2H3,(H,22,23);2*1H. The van der Waals surface area contributed by atoms with Gasteiger partial charge >= 0.3 is 5.97 Å². The van der Waals surface area contributed by atoms with Gasteiger partial charge in [0.2, 0.25) is 0 Å². The molecule has 0 radical (unpaired) electrons. The lowest BCUT2D eigenvalue weighted by Crippen LogP contribution is -2.31. The number of nitrogens with one attached hydrogen (secondary N) is 1. The zero-order valence-corrected chi connectivity index (χ0v) is 17.2. The smallest absolute Gasteiger partial charge is 0.335 e. The molecule has 0 saturated carbocycles. The van der Waals surface area contributed by atoms with Crippen molar-refractivity contribution in [1.82, 2.24) is 10.2 Å². The molecule has 1 aromatic carbocycles. The van der Waals surface area contributed by atoms with E-state index < -0.39 is 5.97 Å². The Bertz CT molecular complexity index is 688. The van der Waals surface area contributed by atoms with Crippen molar-refractivity contribution in [3.8, 4) is 11.3 Å². The van der Waals surface area contributed by atoms with Crippen molar-refractivity contribution in [3.05, 3.63) is 46.7 Å². The topological polar surface area (TPSA) is 65.7 Å². The summed E-state index contributed by atoms with van der Waals surface area (Å²) in [6.45, 7) is 8.88. The second-order valence-corrected chi connectivity index (χ2v) is 5.88. The molecule has 26 heavy (non-hydrogen) atoms. The van der Waals surface area contributed by atoms with E-state index in [1.807, 2.05) is 12.1 Å². The Balaban J connectivity index is 0.00000312. The fourth-order valence-electron chi connectivity index (χ4n) is 2.45. The van der Waals surface area contributed by atoms with Crippen molar-refractivity contribution >= 4 is 42.4 Å². The van der Waals surface area contributed by atoms with E-state index >= 15 is 0 Å². The lowest BCUT2D eigenvalue weighted by Gasteiger charge is -2.17. The van der Waals surface area contributed by atoms with Gasteiger partial charge in [0, 0.05) is 18.7 Å². The van der Waals surface area contributed by atoms with E-state index in [1.54, 1.807) is 6.07 Å². The van der Waals surface area contributed by atoms with E-state index in [0.29, 0.717) is 22.9 Å². The summed E-state index contributed by atoms with van der Waals surface area (Å²) in [5.74, 6) is 0.378. The molecule has 0 aliphatic heterocycles. The van der Waals surface area contributed by atoms with Crippen molar-refractivity contribution in [2.45, 2.75) is 20.4 Å². The van der Waals surface area contributed by atoms with Gasteiger partial charge in [0.05, 0.1) is 17.1 Å². The third-order valence-electron chi connectivity index (χ3n) is 3.94. The van der Waals surface area contributed by atoms with Gasteiger partial charge < -0.3 is 19.7 Å². The minimum Gasteiger partial charge on any atom is -0.478 e. The highest BCUT2D eigenvalue weighted by Gasteiger charge is 2.12. The summed E-state index contributed by atoms with van der Waals surface area (Å²) in [6.07, 6.45) is 0. The zero-order valence-electron chi connectivity index (χ0n) is 14.8. The first-order valence-electron chi connectivity index (χ1n) is 8.10. The van der Waals surface area contributed by atoms with Crippen LogP contribution in [0.3, 0.4) is 0 Å². The van der Waals surface area contributed by atoms with Gasteiger partial charge in [-0.25, -0.2) is 4.79 Å². The molecule has 2 aromatic rings. The first kappa shape index (κ1) is 24.8. The molecule has 0 aliphatic rings. The number of hydrogen-bond donors (Lipinski definition) is 2. The molecule has 0 aliphatic carbocycles. The largest absolute Gasteiger partial charge is 0.478 e. The maximum absolute atomic E-state index is 11.1. The van der Waals surface area contributed by atoms with E-state index in [0.717, 1.165) is 31.9 Å². The highest BCUT2D eigenvalue weighted by molar-refractivity contribution is 6.33. The number of aromatic carboxylic acids is 1. The van der Waals surface area contributed by atoms with Gasteiger partial charge in [-0.3, -0.25) is 0 Å². The number of halogens is 3. The second kappa shape index (κ2) is 12.2. The van der Waals surface area contributed by atoms with Gasteiger partial charge in [-0.2, -0.15) is 0 Å². The van der Waals surface area contributed by atoms with Crippen molar-refractivity contribution in [2.75, 3.05) is 26.2 Å². The van der Waals surface area contributed by atoms with Crippen LogP contribution in [0.4, 0.5) is 0 Å². The van der Waals surface area contributed by atoms with Crippen LogP contribution in [0.5, 0.6) is 0 Å². The monoisotopic (exact) mass is 422 g/mol. The molecule has 0 bridgehead atoms. The van der Waals surface area contributed by atoms with E-state index in [1.165, 1.54) is 12.1 Å². The van der Waals surface area contributed by atoms with Crippen molar-refractivity contribution in [1.29, 1.82) is 0 Å². The average molecular weight is 424 g/mol. The molecule has 1 heterocycles. The predicted octanol–water partition coefficient (Wildman–Crippen LogP) is 4.57. The summed E-state index contributed by atoms with van der Waals surface area (Å²) < 4.78 is 5.79. The van der Waals surface area contributed by atoms with Crippen LogP contribution in [0, 0.1) is 0 Å². The zero-order chi connectivity index (χ0) is 17.5. The Morgan fingerprint density at radius 2 is 1.88 bits per heavy atom. The molecule has 146 valence electrons. The lowest BCUT2D eigenvalue weighted by atomic mass is 10.1. The molecule has 0 spiro atoms. The Morgan fingerprint density at radius 3 is 2.50 bits per heavy atom. The molecule has 2 N–H and O–H groups in total. The normalized spacial score (nSPS) is 10.3. The highest BCUT2D eigenvalue weighted by Crippen LogP contribution is 2.30. The Hall–Kier alpha value is -1.24. The summed E-state index contributed by atoms with van der Waals surface area (Å²) in [7, 11) is 0. The van der Waals surface area contributed by atoms with Crippen LogP contribution in [0.1, 0.15) is 30.0 Å². The molecule has 0 amide bonds. The van der Waals surface area contributed by atoms with Crippen LogP contribution in [0.15, 0.2) is 34.7 Å². The number of carboxylic acid groups (broad SMARTS) is 1. The van der Waals surface area contributed by atoms with Gasteiger partial charge in [0.25, 0.3) is 0 Å². The molecule has 0 fully saturated rings. The van der Waals surface area contributed by atoms with Crippen LogP contribution >= 0.6 is 36.4 Å². The molecule has 5 nitrogen and oxygen atoms in total. The second-order valence-electron chi connectivity index (χ2n) is 5.47. The molecule has 1 aromatic heterocycles. The van der Waals surface area contributed by atoms with E-state index in [-0.39, 0.29) is 30.4 Å². The third kappa shape index (κ3) is 6.82. The van der Waals surface area contributed by atoms with E-state index in [2.05, 4.69) is 24.1 Å². The number of furan rings is 1. The number of nitrogens with zero attached hydrogens (tertiary/aromatic N) is 1. The molecule has 8 heteroatoms. The average Bonchev–Trinajstić information content (AvgIpc) is 3.04. The molecule has 2 rings (SSSR count). The first-order valence-corrected chi connectivity index (χ1v) is 8.48. The van der Waals surface area contributed by atoms with Crippen molar-refractivity contribution < 1.29 is 14.3 Å². The number of carbonyl (C=O) groups is 1. The molecule has 0 atom stereocenters. The number of carboxylic acids is 1. The van der Waals surface area contributed by atoms with E-state index in [9.17, 15) is 4.79 Å². The highest BCUT2D eigenvalue weighted by atomic mass is 35.5. The maximum Gasteiger partial charge on any atom is 0.335 e. The Morgan fingerprint density at radius 1 is 1.19 bits per heavy atom. The summed E-state index contributed by atoms with van der Waals surface area (Å²) in [4.78, 5) is 13.4. The summed E-state index contributed by atoms with van der Waals surface area (Å²) in [5, 5.41) is 12.9. The number of benzene rings is 1. The quantitative estimate of drug-likeness (QED) is 0.578. The molecule has 0 unspecified atom stereocenters. The van der Waals surface area contributed by atoms with Crippen LogP contribution in [0.2, 0.25) is 5.02 Å². The van der Waals surface area contributed by atoms with Gasteiger partial charge in [-0.15, -0.1) is 24.8 Å². The van der Waals surface area contributed by atoms with E-state index in [4.69, 9.17) is 21.1 Å². The van der Waals surface area contributed by atoms with Crippen LogP contribution in [0.25, 0.3) is 11.3 Å². The minimum absolute atomic E-state index is 0. The van der Waals surface area contributed by atoms with Crippen molar-refractivity contribution in [2.24, 2.45) is 0 Å². The fourth-order valence-corrected chi connectivity index (χ4v) is 2.66. The van der Waals surface area contributed by atoms with Crippen LogP contribution < -0.4 is 5.32 Å². The minimum atomic E-state index is -0.988. The number of rotatable bonds is 9. The van der Waals surface area contributed by atoms with Gasteiger partial charge in [0.15, 0.2) is 0 Å². The summed E-state index contributed by atoms with van der Waals surface area (Å²) in [5.41, 5.74) is 0.774. The van der Waals surface area contributed by atoms with Crippen molar-refractivity contribution in [3.63, 3.8) is 0 Å². The summed E-state index contributed by atoms with van der Waals surface area (Å²) >= 11 is 6.16. The Kier molecular flexibility index (Phi) is 11.6. The molecular weight excluding hydrogens is 399 g/mol. The SMILES string of the molecule is CCN(CC)CCNCc1ccc(-c2cc(C(=O)O)ccc2Cl)o1.Cl.Cl. The van der Waals surface area contributed by atoms with Crippen LogP contribution in [-0.4, -0.2) is 42.2 Å². The van der Waals surface area contributed by atoms with Gasteiger partial charge in [-0.1, -0.05) is 25.4 Å². The van der Waals surface area contributed by atoms with Crippen LogP contribution in [-0.2, 0) is 6.54 Å². The first-order chi connectivity index (χ1) is 11.5. The molecule has 0 saturated heterocycles. The number of hydrogen-bond acceptors (Lipinski definition) is 4. The van der Waals surface area contributed by atoms with Gasteiger partial charge in [-0.05, 0) is 43.4 Å². The maximum atomic E-state index is 11.1. The third-order valence-corrected chi connectivity index (χ3v) is 4.27. The summed E-state index contributed by atoms with van der Waals surface area (Å²) in [6, 6.07) is 8.27. The Labute approximate surface area is 171 Å². The molecular formula is C18H25Cl3N2O3. The number of likely N-dealkylation sites (N-methyl/N-ethyl adjacent to an activating group) is 1. The predicted molar refractivity (Wildman–Crippen MR) is 110 cm³/mol. The lowest BCUT2D eigenvalue weighted by molar-refractivity contribution is 0.0697. The van der Waals surface area contributed by atoms with Gasteiger partial charge in [0.1, 0.15) is 11.5 Å².